The predicted molar refractivity (Wildman–Crippen MR) is 545 cm³/mol. The largest absolute Gasteiger partial charge is 0.726 e. The van der Waals surface area contributed by atoms with E-state index in [0.717, 1.165) is 105 Å². The average molecular weight is 2130 g/mol. The van der Waals surface area contributed by atoms with Gasteiger partial charge in [0, 0.05) is 158 Å². The molecule has 0 saturated heterocycles. The van der Waals surface area contributed by atoms with Crippen molar-refractivity contribution in [3.63, 3.8) is 0 Å². The second kappa shape index (κ2) is 57.8. The first-order chi connectivity index (χ1) is 70.7. The van der Waals surface area contributed by atoms with Gasteiger partial charge >= 0.3 is 10.4 Å². The maximum absolute atomic E-state index is 12.5. The lowest BCUT2D eigenvalue weighted by Gasteiger charge is -2.30. The summed E-state index contributed by atoms with van der Waals surface area (Å²) in [5.41, 5.74) is 78.9. The van der Waals surface area contributed by atoms with Gasteiger partial charge in [0.25, 0.3) is 0 Å². The van der Waals surface area contributed by atoms with Gasteiger partial charge in [0.05, 0.1) is 191 Å². The zero-order chi connectivity index (χ0) is 106. The minimum atomic E-state index is -4.65. The van der Waals surface area contributed by atoms with Crippen LogP contribution in [0.1, 0.15) is 155 Å². The molecule has 0 spiro atoms. The summed E-state index contributed by atoms with van der Waals surface area (Å²) in [6, 6.07) is 16.7. The molecule has 0 fully saturated rings. The van der Waals surface area contributed by atoms with Crippen LogP contribution in [0.25, 0.3) is 0 Å². The molecular weight excluding hydrogens is 1970 g/mol. The first-order valence-corrected chi connectivity index (χ1v) is 52.1. The van der Waals surface area contributed by atoms with E-state index in [-0.39, 0.29) is 81.9 Å². The van der Waals surface area contributed by atoms with Gasteiger partial charge in [0.15, 0.2) is 0 Å². The lowest BCUT2D eigenvalue weighted by atomic mass is 10.1. The summed E-state index contributed by atoms with van der Waals surface area (Å²) in [6.45, 7) is 37.2. The lowest BCUT2D eigenvalue weighted by Crippen LogP contribution is -2.47. The van der Waals surface area contributed by atoms with Gasteiger partial charge in [-0.25, -0.2) is 22.0 Å². The summed E-state index contributed by atoms with van der Waals surface area (Å²) < 4.78 is 109. The molecule has 10 aliphatic heterocycles. The molecule has 0 aliphatic carbocycles. The highest BCUT2D eigenvalue weighted by atomic mass is 32.3. The fraction of sp³-hybridized carbons (Fsp3) is 0.600. The van der Waals surface area contributed by atoms with Crippen LogP contribution in [-0.4, -0.2) is 328 Å². The topological polar surface area (TPSA) is 577 Å². The van der Waals surface area contributed by atoms with E-state index in [0.29, 0.717) is 163 Å². The Morgan fingerprint density at radius 2 is 0.601 bits per heavy atom. The smallest absolute Gasteiger partial charge is 0.397 e. The molecule has 25 N–H and O–H groups in total. The quantitative estimate of drug-likeness (QED) is 0.0136. The number of hydrogen-bond donors (Lipinski definition) is 25. The summed E-state index contributed by atoms with van der Waals surface area (Å²) >= 11 is 0. The fourth-order valence-corrected chi connectivity index (χ4v) is 16.0. The molecule has 2 aromatic carbocycles. The van der Waals surface area contributed by atoms with E-state index in [9.17, 15) is 30.2 Å². The molecule has 0 radical (unpaired) electrons. The van der Waals surface area contributed by atoms with E-state index in [1.54, 1.807) is 30.1 Å². The van der Waals surface area contributed by atoms with Crippen molar-refractivity contribution in [3.05, 3.63) is 214 Å². The predicted octanol–water partition coefficient (Wildman–Crippen LogP) is -1.52. The van der Waals surface area contributed by atoms with Crippen molar-refractivity contribution in [3.8, 4) is 0 Å². The van der Waals surface area contributed by atoms with Crippen LogP contribution in [-0.2, 0) is 88.7 Å². The number of unbranched alkanes of at least 4 members (excludes halogenated alkanes) is 2. The van der Waals surface area contributed by atoms with E-state index in [4.69, 9.17) is 34.5 Å². The number of benzene rings is 2. The van der Waals surface area contributed by atoms with E-state index in [1.807, 2.05) is 69.0 Å². The SMILES string of the molecule is CC(C)(C)N1C=C(CN(CC2=CN(Cc3ccc(CCCCOS(=O)(=O)O)cc3)NN2)Cc2cn(C(C)(C)C)nn2)NN1.CC(C)(C)N1C=C(CN(CC2=CN(Cc3ccc(CCCF)cc3)NN2)Cc2cn(C(C)(C)C)nn2)NN1.O=S(=O)([O-])OCCCCOCN1C=C(CN(CC2=CN(CCO)NN2)CC2=CN(CCO)NN2)NN1.OCCN1C=C(CN(CC2=CN(CCO)NN2)CC2=CN(COCCCF)NN2)NN1. The van der Waals surface area contributed by atoms with Crippen LogP contribution in [0.2, 0.25) is 0 Å². The van der Waals surface area contributed by atoms with Crippen LogP contribution in [0, 0.1) is 0 Å². The Hall–Kier alpha value is -11.1. The molecule has 0 bridgehead atoms. The number of hydrogen-bond acceptors (Lipinski definition) is 51. The van der Waals surface area contributed by atoms with Crippen molar-refractivity contribution in [1.29, 1.82) is 0 Å². The summed E-state index contributed by atoms with van der Waals surface area (Å²) in [4.78, 5) is 9.03. The highest BCUT2D eigenvalue weighted by Gasteiger charge is 2.32. The summed E-state index contributed by atoms with van der Waals surface area (Å²) in [7, 11) is -9.02. The molecule has 0 amide bonds. The number of nitrogens with one attached hydrogen (secondary N) is 20. The van der Waals surface area contributed by atoms with Gasteiger partial charge in [0.1, 0.15) is 13.5 Å². The molecule has 4 aromatic rings. The van der Waals surface area contributed by atoms with E-state index in [2.05, 4.69) is 325 Å². The third kappa shape index (κ3) is 42.4. The number of β-amino-alcohol motifs (C(OH)–C–C–N with tert-alkyl or cyclic N) is 4. The second-order valence-electron chi connectivity index (χ2n) is 40.3. The van der Waals surface area contributed by atoms with Gasteiger partial charge in [-0.1, -0.05) is 59.0 Å². The van der Waals surface area contributed by atoms with Gasteiger partial charge in [0.2, 0.25) is 10.4 Å². The molecule has 2 aromatic heterocycles. The van der Waals surface area contributed by atoms with Gasteiger partial charge in [-0.05, 0) is 157 Å². The number of aryl methyl sites for hydroxylation is 2. The molecular formula is C90H157F2N40O14S2-. The highest BCUT2D eigenvalue weighted by molar-refractivity contribution is 7.81. The Labute approximate surface area is 866 Å². The number of ether oxygens (including phenoxy) is 2. The van der Waals surface area contributed by atoms with Crippen molar-refractivity contribution in [2.75, 3.05) is 171 Å². The third-order valence-electron chi connectivity index (χ3n) is 22.8. The van der Waals surface area contributed by atoms with Crippen LogP contribution in [0.4, 0.5) is 8.78 Å². The maximum atomic E-state index is 12.5. The highest BCUT2D eigenvalue weighted by Crippen LogP contribution is 2.25. The standard InChI is InChI=1S/C28H46N10O4S.C27H43FN10.C18H36N10O7S.C17H33FN10O3/c1-27(2,3)37-20-25(30-33-37)17-35(18-26-21-38(34-31-26)28(4,5)6)16-24-19-36(32-29-24)15-23-12-10-22(11-13-23)9-7-8-14-42-43(39,40)41;1-26(2,3)37-19-24(30-33-37)16-35(17-25-20-38(34-31-25)27(4,5)6)15-23-18-36(32-29-23)14-22-11-9-21(10-12-22)8-7-13-28;29-5-3-26-12-16(19-22-26)9-25(10-17-13-27(4-6-30)23-20-17)11-18-14-28(24-21-18)15-34-7-1-2-8-35-36(31,32)33;18-2-1-7-31-14-28-13-17(21-24-28)10-25(8-15-11-26(3-5-29)22-19-15)9-16-12-27(4-6-30)23-20-16/h10-13,19-21,29-30,32-33H,7-9,14-18H2,1-6H3,(H,39,40,41);9-12,18-20,29-30,32-33H,7-8,13-17H2,1-6H3;12-14,19-24,29-30H,1-11,15H2,(H,31,32,33);11-13,19-24,29-30H,1-10,14H2/p-1. The van der Waals surface area contributed by atoms with Crippen LogP contribution in [0.3, 0.4) is 0 Å². The zero-order valence-corrected chi connectivity index (χ0v) is 88.5. The van der Waals surface area contributed by atoms with Crippen molar-refractivity contribution < 1.29 is 73.0 Å². The molecule has 0 unspecified atom stereocenters. The molecule has 0 saturated carbocycles. The van der Waals surface area contributed by atoms with Gasteiger partial charge in [-0.15, -0.1) is 65.5 Å². The zero-order valence-electron chi connectivity index (χ0n) is 86.8. The molecule has 828 valence electrons. The van der Waals surface area contributed by atoms with Crippen molar-refractivity contribution in [2.45, 2.75) is 183 Å². The molecule has 54 nitrogen and oxygen atoms in total. The Balaban J connectivity index is 0.000000189. The Morgan fingerprint density at radius 1 is 0.331 bits per heavy atom. The normalized spacial score (nSPS) is 16.9. The number of aliphatic hydroxyl groups is 4. The van der Waals surface area contributed by atoms with Crippen LogP contribution < -0.4 is 110 Å². The molecule has 12 heterocycles. The monoisotopic (exact) mass is 2120 g/mol. The number of nitrogens with zero attached hydrogens (tertiary/aromatic N) is 20. The molecule has 10 aliphatic rings. The first-order valence-electron chi connectivity index (χ1n) is 49.4. The lowest BCUT2D eigenvalue weighted by molar-refractivity contribution is 0.0268. The molecule has 14 rings (SSSR count). The van der Waals surface area contributed by atoms with Crippen molar-refractivity contribution >= 4 is 20.8 Å². The molecule has 0 atom stereocenters. The van der Waals surface area contributed by atoms with Crippen molar-refractivity contribution in [2.24, 2.45) is 0 Å². The number of halogens is 2. The maximum Gasteiger partial charge on any atom is 0.397 e. The van der Waals surface area contributed by atoms with Gasteiger partial charge in [-0.2, -0.15) is 8.42 Å². The molecule has 58 heteroatoms. The average Bonchev–Trinajstić information content (AvgIpc) is 1.69. The Bertz CT molecular complexity index is 5220. The summed E-state index contributed by atoms with van der Waals surface area (Å²) in [5.74, 6) is 0. The minimum Gasteiger partial charge on any atom is -0.726 e. The minimum absolute atomic E-state index is 0.0198. The third-order valence-corrected chi connectivity index (χ3v) is 23.8. The summed E-state index contributed by atoms with van der Waals surface area (Å²) in [6.07, 6.45) is 28.7. The van der Waals surface area contributed by atoms with Gasteiger partial charge < -0.3 is 88.7 Å². The number of rotatable bonds is 58. The van der Waals surface area contributed by atoms with Crippen LogP contribution in [0.15, 0.2) is 180 Å². The number of aliphatic hydroxyl groups excluding tert-OH is 4. The van der Waals surface area contributed by atoms with E-state index < -0.39 is 20.8 Å². The Morgan fingerprint density at radius 3 is 0.905 bits per heavy atom. The first kappa shape index (κ1) is 117. The number of hydrazine groups is 20. The van der Waals surface area contributed by atoms with Gasteiger partial charge in [-0.3, -0.25) is 87.2 Å². The van der Waals surface area contributed by atoms with E-state index >= 15 is 0 Å². The fourth-order valence-electron chi connectivity index (χ4n) is 15.4. The van der Waals surface area contributed by atoms with Crippen molar-refractivity contribution in [1.82, 2.24) is 209 Å². The van der Waals surface area contributed by atoms with E-state index in [1.165, 1.54) is 11.1 Å². The van der Waals surface area contributed by atoms with Crippen LogP contribution in [0.5, 0.6) is 0 Å². The molecule has 148 heavy (non-hydrogen) atoms. The number of aromatic nitrogens is 6. The second-order valence-corrected chi connectivity index (χ2v) is 42.4. The Kier molecular flexibility index (Phi) is 45.8. The van der Waals surface area contributed by atoms with Crippen LogP contribution >= 0.6 is 0 Å². The summed E-state index contributed by atoms with van der Waals surface area (Å²) in [5, 5.41) is 72.9. The number of alkyl halides is 2.